The van der Waals surface area contributed by atoms with E-state index in [2.05, 4.69) is 37.7 Å². The molecular weight excluding hydrogens is 590 g/mol. The van der Waals surface area contributed by atoms with E-state index < -0.39 is 29.1 Å². The lowest BCUT2D eigenvalue weighted by atomic mass is 9.44. The molecule has 4 unspecified atom stereocenters. The Labute approximate surface area is 271 Å². The van der Waals surface area contributed by atoms with Gasteiger partial charge >= 0.3 is 5.97 Å². The van der Waals surface area contributed by atoms with Gasteiger partial charge in [-0.25, -0.2) is 0 Å². The number of aliphatic hydroxyl groups is 1. The third kappa shape index (κ3) is 6.95. The van der Waals surface area contributed by atoms with Crippen molar-refractivity contribution >= 4 is 41.1 Å². The summed E-state index contributed by atoms with van der Waals surface area (Å²) in [6.07, 6.45) is 5.00. The first-order chi connectivity index (χ1) is 21.2. The van der Waals surface area contributed by atoms with E-state index in [9.17, 15) is 19.5 Å². The fraction of sp³-hybridized carbons (Fsp3) is 0.647. The summed E-state index contributed by atoms with van der Waals surface area (Å²) in [4.78, 5) is 44.4. The number of thioether (sulfide) groups is 1. The van der Waals surface area contributed by atoms with Gasteiger partial charge in [0.05, 0.1) is 17.9 Å². The Kier molecular flexibility index (Phi) is 10.8. The third-order valence-corrected chi connectivity index (χ3v) is 12.3. The molecule has 0 aliphatic heterocycles. The number of carbonyl (C=O) groups is 3. The number of benzene rings is 1. The van der Waals surface area contributed by atoms with E-state index in [0.717, 1.165) is 24.2 Å². The van der Waals surface area contributed by atoms with Crippen molar-refractivity contribution in [1.29, 1.82) is 0 Å². The van der Waals surface area contributed by atoms with Gasteiger partial charge in [-0.1, -0.05) is 39.8 Å². The summed E-state index contributed by atoms with van der Waals surface area (Å²) >= 11 is 1.31. The molecule has 0 spiro atoms. The smallest absolute Gasteiger partial charge is 0.316 e. The second kappa shape index (κ2) is 13.8. The van der Waals surface area contributed by atoms with Crippen LogP contribution in [0.15, 0.2) is 46.8 Å². The fourth-order valence-electron chi connectivity index (χ4n) is 8.39. The van der Waals surface area contributed by atoms with Gasteiger partial charge < -0.3 is 32.4 Å². The van der Waals surface area contributed by atoms with Crippen LogP contribution in [-0.2, 0) is 19.1 Å². The van der Waals surface area contributed by atoms with E-state index in [0.29, 0.717) is 37.9 Å². The number of guanidine groups is 1. The Balaban J connectivity index is 1.46. The second-order valence-electron chi connectivity index (χ2n) is 13.9. The number of aliphatic hydroxyl groups excluding tert-OH is 1. The van der Waals surface area contributed by atoms with E-state index >= 15 is 0 Å². The number of ether oxygens (including phenoxy) is 1. The Hall–Kier alpha value is -2.89. The van der Waals surface area contributed by atoms with Crippen molar-refractivity contribution in [3.63, 3.8) is 0 Å². The number of Topliss-reactive ketones (excluding diaryl/α,β-unsaturated/α-hetero) is 1. The summed E-state index contributed by atoms with van der Waals surface area (Å²) in [7, 11) is 0. The van der Waals surface area contributed by atoms with Crippen molar-refractivity contribution in [2.75, 3.05) is 17.6 Å². The lowest BCUT2D eigenvalue weighted by Gasteiger charge is -2.61. The lowest BCUT2D eigenvalue weighted by Crippen LogP contribution is -2.63. The highest BCUT2D eigenvalue weighted by Crippen LogP contribution is 2.68. The van der Waals surface area contributed by atoms with Crippen LogP contribution in [-0.4, -0.2) is 59.3 Å². The predicted octanol–water partition coefficient (Wildman–Crippen LogP) is 4.00. The van der Waals surface area contributed by atoms with Gasteiger partial charge in [0.2, 0.25) is 5.91 Å². The number of amides is 1. The maximum atomic E-state index is 13.6. The molecule has 11 heteroatoms. The number of hydrogen-bond acceptors (Lipinski definition) is 8. The first kappa shape index (κ1) is 35.0. The number of esters is 1. The third-order valence-electron chi connectivity index (χ3n) is 11.3. The van der Waals surface area contributed by atoms with E-state index in [1.165, 1.54) is 11.8 Å². The number of nitrogens with zero attached hydrogens (tertiary/aromatic N) is 1. The molecule has 0 heterocycles. The Morgan fingerprint density at radius 1 is 1.27 bits per heavy atom. The zero-order chi connectivity index (χ0) is 33.2. The lowest BCUT2D eigenvalue weighted by molar-refractivity contribution is -0.205. The number of aliphatic imine (C=N–C) groups is 1. The molecule has 0 aromatic heterocycles. The Bertz CT molecular complexity index is 1320. The minimum atomic E-state index is -0.717. The monoisotopic (exact) mass is 641 g/mol. The SMILES string of the molecule is C=C[C@]1(C)C[C@@H](OC(=O)CSc2cccc(NC(=O)C(N)CCCN=C(N)N)c2)[C@@]2(C)C3C(=O)CCC3(CC[C@H]2C)[C@@H](C)C1O. The van der Waals surface area contributed by atoms with Crippen molar-refractivity contribution < 1.29 is 24.2 Å². The van der Waals surface area contributed by atoms with Gasteiger partial charge in [-0.05, 0) is 74.0 Å². The molecule has 0 radical (unpaired) electrons. The molecular formula is C34H51N5O5S. The van der Waals surface area contributed by atoms with Crippen molar-refractivity contribution in [1.82, 2.24) is 0 Å². The number of hydrogen-bond donors (Lipinski definition) is 5. The average molecular weight is 642 g/mol. The number of anilines is 1. The van der Waals surface area contributed by atoms with Gasteiger partial charge in [0.15, 0.2) is 5.96 Å². The fourth-order valence-corrected chi connectivity index (χ4v) is 9.12. The van der Waals surface area contributed by atoms with E-state index in [-0.39, 0.29) is 52.5 Å². The number of ketones is 1. The maximum absolute atomic E-state index is 13.6. The first-order valence-corrected chi connectivity index (χ1v) is 17.0. The largest absolute Gasteiger partial charge is 0.461 e. The summed E-state index contributed by atoms with van der Waals surface area (Å²) in [5.41, 5.74) is 15.7. The number of nitrogens with two attached hydrogens (primary N) is 3. The summed E-state index contributed by atoms with van der Waals surface area (Å²) in [5.74, 6) is -0.601. The maximum Gasteiger partial charge on any atom is 0.316 e. The van der Waals surface area contributed by atoms with Crippen molar-refractivity contribution in [2.24, 2.45) is 56.2 Å². The van der Waals surface area contributed by atoms with Crippen LogP contribution in [0, 0.1) is 34.0 Å². The summed E-state index contributed by atoms with van der Waals surface area (Å²) in [5, 5.41) is 14.5. The van der Waals surface area contributed by atoms with Gasteiger partial charge in [0.25, 0.3) is 0 Å². The molecule has 3 aliphatic carbocycles. The zero-order valence-corrected chi connectivity index (χ0v) is 27.9. The number of rotatable bonds is 11. The molecule has 8 N–H and O–H groups in total. The molecule has 9 atom stereocenters. The van der Waals surface area contributed by atoms with Crippen molar-refractivity contribution in [2.45, 2.75) is 95.8 Å². The predicted molar refractivity (Wildman–Crippen MR) is 178 cm³/mol. The van der Waals surface area contributed by atoms with Gasteiger partial charge in [-0.3, -0.25) is 19.4 Å². The van der Waals surface area contributed by atoms with Gasteiger partial charge in [0, 0.05) is 40.3 Å². The normalized spacial score (nSPS) is 34.9. The molecule has 1 amide bonds. The van der Waals surface area contributed by atoms with Crippen molar-refractivity contribution in [3.05, 3.63) is 36.9 Å². The first-order valence-electron chi connectivity index (χ1n) is 16.1. The van der Waals surface area contributed by atoms with Gasteiger partial charge in [-0.2, -0.15) is 0 Å². The van der Waals surface area contributed by atoms with E-state index in [1.54, 1.807) is 24.3 Å². The van der Waals surface area contributed by atoms with Gasteiger partial charge in [-0.15, -0.1) is 18.3 Å². The van der Waals surface area contributed by atoms with Crippen LogP contribution in [0.25, 0.3) is 0 Å². The van der Waals surface area contributed by atoms with Crippen LogP contribution in [0.4, 0.5) is 5.69 Å². The average Bonchev–Trinajstić information content (AvgIpc) is 3.36. The van der Waals surface area contributed by atoms with Crippen LogP contribution in [0.3, 0.4) is 0 Å². The molecule has 2 bridgehead atoms. The summed E-state index contributed by atoms with van der Waals surface area (Å²) < 4.78 is 6.35. The standard InChI is InChI=1S/C34H51N5O5S/c1-6-32(4)18-26(33(5)20(2)12-14-34(21(3)29(32)42)15-13-25(40)28(33)34)44-27(41)19-45-23-10-7-9-22(17-23)39-30(43)24(35)11-8-16-38-31(36)37/h6-7,9-10,17,20-21,24,26,28-29,42H,1,8,11-16,18-19,35H2,2-5H3,(H,39,43)(H4,36,37,38)/t20-,21+,24?,26-,28?,29?,32-,33+,34?/m1/s1. The molecule has 0 saturated heterocycles. The van der Waals surface area contributed by atoms with Gasteiger partial charge in [0.1, 0.15) is 11.9 Å². The molecule has 3 aliphatic rings. The second-order valence-corrected chi connectivity index (χ2v) is 15.0. The molecule has 3 fully saturated rings. The molecule has 3 saturated carbocycles. The Morgan fingerprint density at radius 3 is 2.69 bits per heavy atom. The molecule has 4 rings (SSSR count). The number of nitrogens with one attached hydrogen (secondary N) is 1. The molecule has 10 nitrogen and oxygen atoms in total. The van der Waals surface area contributed by atoms with Crippen LogP contribution in [0.2, 0.25) is 0 Å². The molecule has 1 aromatic carbocycles. The molecule has 1 aromatic rings. The molecule has 248 valence electrons. The van der Waals surface area contributed by atoms with Crippen LogP contribution in [0.1, 0.15) is 72.6 Å². The van der Waals surface area contributed by atoms with Crippen LogP contribution in [0.5, 0.6) is 0 Å². The van der Waals surface area contributed by atoms with Crippen LogP contribution < -0.4 is 22.5 Å². The van der Waals surface area contributed by atoms with E-state index in [4.69, 9.17) is 21.9 Å². The topological polar surface area (TPSA) is 183 Å². The summed E-state index contributed by atoms with van der Waals surface area (Å²) in [6, 6.07) is 6.50. The quantitative estimate of drug-likeness (QED) is 0.0595. The summed E-state index contributed by atoms with van der Waals surface area (Å²) in [6.45, 7) is 12.9. The highest BCUT2D eigenvalue weighted by molar-refractivity contribution is 8.00. The van der Waals surface area contributed by atoms with E-state index in [1.807, 2.05) is 13.0 Å². The molecule has 45 heavy (non-hydrogen) atoms. The number of carbonyl (C=O) groups excluding carboxylic acids is 3. The highest BCUT2D eigenvalue weighted by Gasteiger charge is 2.68. The highest BCUT2D eigenvalue weighted by atomic mass is 32.2. The van der Waals surface area contributed by atoms with Crippen LogP contribution >= 0.6 is 11.8 Å². The Morgan fingerprint density at radius 2 is 2.00 bits per heavy atom. The minimum absolute atomic E-state index is 0.00303. The van der Waals surface area contributed by atoms with Crippen molar-refractivity contribution in [3.8, 4) is 0 Å². The zero-order valence-electron chi connectivity index (χ0n) is 27.1. The minimum Gasteiger partial charge on any atom is -0.461 e.